The predicted molar refractivity (Wildman–Crippen MR) is 128 cm³/mol. The number of rotatable bonds is 10. The summed E-state index contributed by atoms with van der Waals surface area (Å²) >= 11 is 0. The molecule has 0 aliphatic heterocycles. The molecule has 0 heterocycles. The van der Waals surface area contributed by atoms with Gasteiger partial charge in [-0.1, -0.05) is 32.9 Å². The Kier molecular flexibility index (Phi) is 9.27. The van der Waals surface area contributed by atoms with Crippen molar-refractivity contribution in [1.82, 2.24) is 10.3 Å². The number of ether oxygens (including phenoxy) is 3. The molecule has 8 heteroatoms. The van der Waals surface area contributed by atoms with Gasteiger partial charge < -0.3 is 19.1 Å². The molecule has 1 N–H and O–H groups in total. The van der Waals surface area contributed by atoms with Crippen LogP contribution in [0.4, 0.5) is 0 Å². The Morgan fingerprint density at radius 3 is 2.27 bits per heavy atom. The van der Waals surface area contributed by atoms with Crippen LogP contribution in [0.15, 0.2) is 47.6 Å². The second-order valence-corrected chi connectivity index (χ2v) is 8.57. The van der Waals surface area contributed by atoms with E-state index in [1.54, 1.807) is 32.3 Å². The molecule has 0 saturated heterocycles. The fourth-order valence-electron chi connectivity index (χ4n) is 2.67. The third-order valence-corrected chi connectivity index (χ3v) is 4.61. The number of nitrogens with zero attached hydrogens (tertiary/aromatic N) is 2. The molecule has 0 aromatic heterocycles. The number of carbonyl (C=O) groups excluding carboxylic acids is 2. The standard InChI is InChI=1S/C25H33N3O5/c1-7-31-22-14-18(8-13-21(22)33-17-24(30)28(5)6)15-26-27-23(29)16-32-20-11-9-19(10-12-20)25(2,3)4/h8-15H,7,16-17H2,1-6H3,(H,27,29). The molecule has 0 spiro atoms. The molecule has 8 nitrogen and oxygen atoms in total. The van der Waals surface area contributed by atoms with Crippen molar-refractivity contribution in [2.45, 2.75) is 33.1 Å². The summed E-state index contributed by atoms with van der Waals surface area (Å²) < 4.78 is 16.7. The third kappa shape index (κ3) is 8.48. The van der Waals surface area contributed by atoms with Crippen molar-refractivity contribution in [3.63, 3.8) is 0 Å². The van der Waals surface area contributed by atoms with Gasteiger partial charge in [0.15, 0.2) is 24.7 Å². The number of nitrogens with one attached hydrogen (secondary N) is 1. The number of carbonyl (C=O) groups is 2. The van der Waals surface area contributed by atoms with Crippen LogP contribution in [0.1, 0.15) is 38.8 Å². The van der Waals surface area contributed by atoms with E-state index in [2.05, 4.69) is 31.3 Å². The smallest absolute Gasteiger partial charge is 0.277 e. The van der Waals surface area contributed by atoms with Crippen molar-refractivity contribution in [3.05, 3.63) is 53.6 Å². The van der Waals surface area contributed by atoms with Gasteiger partial charge in [0.25, 0.3) is 11.8 Å². The van der Waals surface area contributed by atoms with Crippen LogP contribution < -0.4 is 19.6 Å². The first-order valence-electron chi connectivity index (χ1n) is 10.7. The molecule has 2 aromatic rings. The van der Waals surface area contributed by atoms with Crippen LogP contribution in [-0.4, -0.2) is 56.8 Å². The first-order chi connectivity index (χ1) is 15.6. The van der Waals surface area contributed by atoms with Gasteiger partial charge in [0.05, 0.1) is 12.8 Å². The molecule has 0 saturated carbocycles. The summed E-state index contributed by atoms with van der Waals surface area (Å²) in [4.78, 5) is 25.2. The average molecular weight is 456 g/mol. The maximum Gasteiger partial charge on any atom is 0.277 e. The van der Waals surface area contributed by atoms with Gasteiger partial charge in [-0.25, -0.2) is 5.43 Å². The van der Waals surface area contributed by atoms with E-state index in [0.717, 1.165) is 0 Å². The van der Waals surface area contributed by atoms with E-state index >= 15 is 0 Å². The molecule has 2 rings (SSSR count). The number of hydrazone groups is 1. The van der Waals surface area contributed by atoms with Crippen LogP contribution in [0.25, 0.3) is 0 Å². The van der Waals surface area contributed by atoms with Crippen LogP contribution in [0.3, 0.4) is 0 Å². The second-order valence-electron chi connectivity index (χ2n) is 8.57. The lowest BCUT2D eigenvalue weighted by Gasteiger charge is -2.19. The van der Waals surface area contributed by atoms with E-state index in [9.17, 15) is 9.59 Å². The third-order valence-electron chi connectivity index (χ3n) is 4.61. The summed E-state index contributed by atoms with van der Waals surface area (Å²) in [6.07, 6.45) is 1.49. The van der Waals surface area contributed by atoms with E-state index < -0.39 is 0 Å². The number of amides is 2. The lowest BCUT2D eigenvalue weighted by atomic mass is 9.87. The van der Waals surface area contributed by atoms with Crippen molar-refractivity contribution in [2.24, 2.45) is 5.10 Å². The Morgan fingerprint density at radius 2 is 1.67 bits per heavy atom. The van der Waals surface area contributed by atoms with Crippen LogP contribution in [0, 0.1) is 0 Å². The summed E-state index contributed by atoms with van der Waals surface area (Å²) in [6.45, 7) is 8.46. The summed E-state index contributed by atoms with van der Waals surface area (Å²) in [5.74, 6) is 1.03. The Morgan fingerprint density at radius 1 is 0.970 bits per heavy atom. The summed E-state index contributed by atoms with van der Waals surface area (Å²) in [5.41, 5.74) is 4.38. The molecule has 178 valence electrons. The normalized spacial score (nSPS) is 11.2. The number of benzene rings is 2. The molecule has 0 unspecified atom stereocenters. The molecule has 2 amide bonds. The largest absolute Gasteiger partial charge is 0.490 e. The van der Waals surface area contributed by atoms with Gasteiger partial charge in [-0.05, 0) is 53.8 Å². The van der Waals surface area contributed by atoms with Crippen molar-refractivity contribution in [1.29, 1.82) is 0 Å². The highest BCUT2D eigenvalue weighted by Crippen LogP contribution is 2.28. The Hall–Kier alpha value is -3.55. The topological polar surface area (TPSA) is 89.5 Å². The fraction of sp³-hybridized carbons (Fsp3) is 0.400. The van der Waals surface area contributed by atoms with E-state index in [0.29, 0.717) is 29.4 Å². The zero-order chi connectivity index (χ0) is 24.4. The van der Waals surface area contributed by atoms with E-state index in [1.807, 2.05) is 31.2 Å². The lowest BCUT2D eigenvalue weighted by molar-refractivity contribution is -0.130. The number of hydrogen-bond acceptors (Lipinski definition) is 6. The van der Waals surface area contributed by atoms with Crippen molar-refractivity contribution in [2.75, 3.05) is 33.9 Å². The van der Waals surface area contributed by atoms with Gasteiger partial charge in [-0.15, -0.1) is 0 Å². The van der Waals surface area contributed by atoms with Gasteiger partial charge in [0.1, 0.15) is 5.75 Å². The molecule has 0 radical (unpaired) electrons. The van der Waals surface area contributed by atoms with Crippen LogP contribution in [0.2, 0.25) is 0 Å². The molecule has 0 bridgehead atoms. The van der Waals surface area contributed by atoms with E-state index in [4.69, 9.17) is 14.2 Å². The summed E-state index contributed by atoms with van der Waals surface area (Å²) in [5, 5.41) is 3.97. The zero-order valence-corrected chi connectivity index (χ0v) is 20.2. The highest BCUT2D eigenvalue weighted by atomic mass is 16.5. The molecular weight excluding hydrogens is 422 g/mol. The van der Waals surface area contributed by atoms with Gasteiger partial charge in [-0.3, -0.25) is 9.59 Å². The first kappa shape index (κ1) is 25.7. The van der Waals surface area contributed by atoms with Crippen LogP contribution >= 0.6 is 0 Å². The quantitative estimate of drug-likeness (QED) is 0.438. The maximum atomic E-state index is 12.0. The molecule has 0 atom stereocenters. The molecular formula is C25H33N3O5. The van der Waals surface area contributed by atoms with Crippen molar-refractivity contribution in [3.8, 4) is 17.2 Å². The summed E-state index contributed by atoms with van der Waals surface area (Å²) in [7, 11) is 3.33. The zero-order valence-electron chi connectivity index (χ0n) is 20.2. The van der Waals surface area contributed by atoms with Gasteiger partial charge in [0, 0.05) is 14.1 Å². The molecule has 0 aliphatic carbocycles. The molecule has 33 heavy (non-hydrogen) atoms. The van der Waals surface area contributed by atoms with E-state index in [1.165, 1.54) is 16.7 Å². The minimum atomic E-state index is -0.377. The van der Waals surface area contributed by atoms with Crippen LogP contribution in [0.5, 0.6) is 17.2 Å². The maximum absolute atomic E-state index is 12.0. The Balaban J connectivity index is 1.89. The number of likely N-dealkylation sites (N-methyl/N-ethyl adjacent to an activating group) is 1. The predicted octanol–water partition coefficient (Wildman–Crippen LogP) is 3.38. The highest BCUT2D eigenvalue weighted by Gasteiger charge is 2.13. The van der Waals surface area contributed by atoms with Gasteiger partial charge in [-0.2, -0.15) is 5.10 Å². The second kappa shape index (κ2) is 11.9. The Labute approximate surface area is 195 Å². The number of hydrogen-bond donors (Lipinski definition) is 1. The minimum Gasteiger partial charge on any atom is -0.490 e. The van der Waals surface area contributed by atoms with Crippen molar-refractivity contribution >= 4 is 18.0 Å². The highest BCUT2D eigenvalue weighted by molar-refractivity contribution is 5.84. The monoisotopic (exact) mass is 455 g/mol. The molecule has 2 aromatic carbocycles. The Bertz CT molecular complexity index is 963. The van der Waals surface area contributed by atoms with Gasteiger partial charge in [0.2, 0.25) is 0 Å². The van der Waals surface area contributed by atoms with Gasteiger partial charge >= 0.3 is 0 Å². The first-order valence-corrected chi connectivity index (χ1v) is 10.7. The molecule has 0 aliphatic rings. The van der Waals surface area contributed by atoms with Crippen molar-refractivity contribution < 1.29 is 23.8 Å². The SMILES string of the molecule is CCOc1cc(C=NNC(=O)COc2ccc(C(C)(C)C)cc2)ccc1OCC(=O)N(C)C. The average Bonchev–Trinajstić information content (AvgIpc) is 2.76. The minimum absolute atomic E-state index is 0.0562. The summed E-state index contributed by atoms with van der Waals surface area (Å²) in [6, 6.07) is 12.9. The molecule has 0 fully saturated rings. The fourth-order valence-corrected chi connectivity index (χ4v) is 2.67. The lowest BCUT2D eigenvalue weighted by Crippen LogP contribution is -2.27. The van der Waals surface area contributed by atoms with E-state index in [-0.39, 0.29) is 30.4 Å². The van der Waals surface area contributed by atoms with Crippen LogP contribution in [-0.2, 0) is 15.0 Å².